The number of nitrogens with zero attached hydrogens (tertiary/aromatic N) is 1. The van der Waals surface area contributed by atoms with E-state index in [-0.39, 0.29) is 11.9 Å². The van der Waals surface area contributed by atoms with Crippen molar-refractivity contribution >= 4 is 17.6 Å². The number of ether oxygens (including phenoxy) is 1. The van der Waals surface area contributed by atoms with Gasteiger partial charge in [0.15, 0.2) is 0 Å². The number of rotatable bonds is 8. The summed E-state index contributed by atoms with van der Waals surface area (Å²) in [6.07, 6.45) is 4.40. The van der Waals surface area contributed by atoms with Crippen LogP contribution in [0.1, 0.15) is 31.2 Å². The molecule has 2 rings (SSSR count). The van der Waals surface area contributed by atoms with Crippen LogP contribution in [0, 0.1) is 5.92 Å². The number of carbonyl (C=O) groups is 2. The van der Waals surface area contributed by atoms with Gasteiger partial charge in [0.25, 0.3) is 0 Å². The molecule has 0 aliphatic carbocycles. The highest BCUT2D eigenvalue weighted by Crippen LogP contribution is 2.17. The summed E-state index contributed by atoms with van der Waals surface area (Å²) in [4.78, 5) is 25.1. The third kappa shape index (κ3) is 7.13. The molecule has 1 aromatic rings. The SMILES string of the molecule is CN(C)C(=O)CCc1ccc(NC(=O)NCCCC2CCOC2)cc1. The lowest BCUT2D eigenvalue weighted by atomic mass is 10.0. The average Bonchev–Trinajstić information content (AvgIpc) is 3.11. The second-order valence-corrected chi connectivity index (χ2v) is 6.74. The lowest BCUT2D eigenvalue weighted by Gasteiger charge is -2.11. The number of nitrogens with one attached hydrogen (secondary N) is 2. The molecule has 1 heterocycles. The summed E-state index contributed by atoms with van der Waals surface area (Å²) in [6, 6.07) is 7.44. The molecule has 138 valence electrons. The Morgan fingerprint density at radius 2 is 2.00 bits per heavy atom. The van der Waals surface area contributed by atoms with E-state index in [0.717, 1.165) is 43.7 Å². The lowest BCUT2D eigenvalue weighted by Crippen LogP contribution is -2.29. The Morgan fingerprint density at radius 1 is 1.24 bits per heavy atom. The number of hydrogen-bond acceptors (Lipinski definition) is 3. The van der Waals surface area contributed by atoms with E-state index in [9.17, 15) is 9.59 Å². The van der Waals surface area contributed by atoms with Crippen LogP contribution >= 0.6 is 0 Å². The van der Waals surface area contributed by atoms with Gasteiger partial charge >= 0.3 is 6.03 Å². The number of benzene rings is 1. The molecule has 1 fully saturated rings. The number of urea groups is 1. The molecule has 2 N–H and O–H groups in total. The van der Waals surface area contributed by atoms with E-state index < -0.39 is 0 Å². The molecule has 0 aromatic heterocycles. The van der Waals surface area contributed by atoms with Gasteiger partial charge < -0.3 is 20.3 Å². The largest absolute Gasteiger partial charge is 0.381 e. The third-order valence-corrected chi connectivity index (χ3v) is 4.44. The fourth-order valence-electron chi connectivity index (χ4n) is 2.81. The minimum absolute atomic E-state index is 0.116. The summed E-state index contributed by atoms with van der Waals surface area (Å²) in [7, 11) is 3.52. The van der Waals surface area contributed by atoms with Crippen LogP contribution in [0.25, 0.3) is 0 Å². The van der Waals surface area contributed by atoms with Crippen LogP contribution in [0.15, 0.2) is 24.3 Å². The summed E-state index contributed by atoms with van der Waals surface area (Å²) in [5.74, 6) is 0.766. The molecule has 1 atom stereocenters. The van der Waals surface area contributed by atoms with Gasteiger partial charge in [0.05, 0.1) is 0 Å². The summed E-state index contributed by atoms with van der Waals surface area (Å²) in [5, 5.41) is 5.71. The monoisotopic (exact) mass is 347 g/mol. The van der Waals surface area contributed by atoms with E-state index in [1.165, 1.54) is 0 Å². The van der Waals surface area contributed by atoms with Crippen molar-refractivity contribution in [3.63, 3.8) is 0 Å². The second kappa shape index (κ2) is 10.0. The summed E-state index contributed by atoms with van der Waals surface area (Å²) >= 11 is 0. The van der Waals surface area contributed by atoms with Crippen LogP contribution in [-0.4, -0.2) is 50.7 Å². The van der Waals surface area contributed by atoms with E-state index in [4.69, 9.17) is 4.74 Å². The van der Waals surface area contributed by atoms with E-state index in [1.807, 2.05) is 24.3 Å². The van der Waals surface area contributed by atoms with Gasteiger partial charge in [-0.3, -0.25) is 4.79 Å². The highest BCUT2D eigenvalue weighted by Gasteiger charge is 2.14. The first-order valence-electron chi connectivity index (χ1n) is 8.96. The number of aryl methyl sites for hydroxylation is 1. The summed E-state index contributed by atoms with van der Waals surface area (Å²) in [5.41, 5.74) is 1.84. The second-order valence-electron chi connectivity index (χ2n) is 6.74. The fourth-order valence-corrected chi connectivity index (χ4v) is 2.81. The van der Waals surface area contributed by atoms with Crippen molar-refractivity contribution in [2.24, 2.45) is 5.92 Å². The van der Waals surface area contributed by atoms with Gasteiger partial charge in [0, 0.05) is 46.0 Å². The van der Waals surface area contributed by atoms with Crippen molar-refractivity contribution in [2.45, 2.75) is 32.1 Å². The van der Waals surface area contributed by atoms with Gasteiger partial charge in [-0.2, -0.15) is 0 Å². The normalized spacial score (nSPS) is 16.5. The Kier molecular flexibility index (Phi) is 7.73. The van der Waals surface area contributed by atoms with Gasteiger partial charge in [-0.15, -0.1) is 0 Å². The molecule has 0 saturated carbocycles. The minimum Gasteiger partial charge on any atom is -0.381 e. The number of carbonyl (C=O) groups excluding carboxylic acids is 2. The van der Waals surface area contributed by atoms with Crippen molar-refractivity contribution in [3.05, 3.63) is 29.8 Å². The smallest absolute Gasteiger partial charge is 0.319 e. The first-order valence-corrected chi connectivity index (χ1v) is 8.96. The van der Waals surface area contributed by atoms with Crippen molar-refractivity contribution in [2.75, 3.05) is 39.2 Å². The molecule has 0 spiro atoms. The molecule has 1 aromatic carbocycles. The van der Waals surface area contributed by atoms with Crippen LogP contribution in [0.2, 0.25) is 0 Å². The van der Waals surface area contributed by atoms with Gasteiger partial charge in [-0.05, 0) is 49.3 Å². The highest BCUT2D eigenvalue weighted by molar-refractivity contribution is 5.89. The van der Waals surface area contributed by atoms with Gasteiger partial charge in [-0.25, -0.2) is 4.79 Å². The third-order valence-electron chi connectivity index (χ3n) is 4.44. The Hall–Kier alpha value is -2.08. The van der Waals surface area contributed by atoms with Crippen LogP contribution in [0.3, 0.4) is 0 Å². The molecule has 6 heteroatoms. The molecule has 3 amide bonds. The summed E-state index contributed by atoms with van der Waals surface area (Å²) in [6.45, 7) is 2.41. The molecule has 1 aliphatic rings. The predicted molar refractivity (Wildman–Crippen MR) is 98.6 cm³/mol. The molecular weight excluding hydrogens is 318 g/mol. The molecular formula is C19H29N3O3. The zero-order valence-corrected chi connectivity index (χ0v) is 15.2. The molecule has 25 heavy (non-hydrogen) atoms. The zero-order valence-electron chi connectivity index (χ0n) is 15.2. The molecule has 1 aliphatic heterocycles. The predicted octanol–water partition coefficient (Wildman–Crippen LogP) is 2.65. The molecule has 0 radical (unpaired) electrons. The maximum Gasteiger partial charge on any atom is 0.319 e. The van der Waals surface area contributed by atoms with Gasteiger partial charge in [-0.1, -0.05) is 12.1 Å². The fraction of sp³-hybridized carbons (Fsp3) is 0.579. The van der Waals surface area contributed by atoms with Gasteiger partial charge in [0.1, 0.15) is 0 Å². The molecule has 0 bridgehead atoms. The first kappa shape index (κ1) is 19.2. The lowest BCUT2D eigenvalue weighted by molar-refractivity contribution is -0.128. The van der Waals surface area contributed by atoms with Crippen molar-refractivity contribution in [1.29, 1.82) is 0 Å². The number of amides is 3. The topological polar surface area (TPSA) is 70.7 Å². The Morgan fingerprint density at radius 3 is 2.64 bits per heavy atom. The maximum atomic E-state index is 11.9. The molecule has 6 nitrogen and oxygen atoms in total. The van der Waals surface area contributed by atoms with E-state index in [0.29, 0.717) is 25.3 Å². The van der Waals surface area contributed by atoms with E-state index in [1.54, 1.807) is 19.0 Å². The number of hydrogen-bond donors (Lipinski definition) is 2. The van der Waals surface area contributed by atoms with Crippen LogP contribution < -0.4 is 10.6 Å². The Labute approximate surface area is 149 Å². The summed E-state index contributed by atoms with van der Waals surface area (Å²) < 4.78 is 5.35. The number of anilines is 1. The van der Waals surface area contributed by atoms with Crippen molar-refractivity contribution in [1.82, 2.24) is 10.2 Å². The zero-order chi connectivity index (χ0) is 18.1. The van der Waals surface area contributed by atoms with E-state index in [2.05, 4.69) is 10.6 Å². The van der Waals surface area contributed by atoms with Crippen molar-refractivity contribution in [3.8, 4) is 0 Å². The maximum absolute atomic E-state index is 11.9. The van der Waals surface area contributed by atoms with Crippen LogP contribution in [-0.2, 0) is 16.0 Å². The Balaban J connectivity index is 1.64. The average molecular weight is 347 g/mol. The quantitative estimate of drug-likeness (QED) is 0.710. The Bertz CT molecular complexity index is 552. The highest BCUT2D eigenvalue weighted by atomic mass is 16.5. The minimum atomic E-state index is -0.182. The molecule has 1 unspecified atom stereocenters. The molecule has 1 saturated heterocycles. The van der Waals surface area contributed by atoms with Crippen LogP contribution in [0.5, 0.6) is 0 Å². The first-order chi connectivity index (χ1) is 12.0. The van der Waals surface area contributed by atoms with Crippen molar-refractivity contribution < 1.29 is 14.3 Å². The van der Waals surface area contributed by atoms with Crippen LogP contribution in [0.4, 0.5) is 10.5 Å². The van der Waals surface area contributed by atoms with Gasteiger partial charge in [0.2, 0.25) is 5.91 Å². The van der Waals surface area contributed by atoms with E-state index >= 15 is 0 Å². The standard InChI is InChI=1S/C19H29N3O3/c1-22(2)18(23)10-7-15-5-8-17(9-6-15)21-19(24)20-12-3-4-16-11-13-25-14-16/h5-6,8-9,16H,3-4,7,10-14H2,1-2H3,(H2,20,21,24).